The minimum absolute atomic E-state index is 0.189. The highest BCUT2D eigenvalue weighted by Gasteiger charge is 2.37. The maximum atomic E-state index is 6.78. The first kappa shape index (κ1) is 30.5. The Bertz CT molecular complexity index is 993. The van der Waals surface area contributed by atoms with E-state index in [0.717, 1.165) is 41.0 Å². The van der Waals surface area contributed by atoms with Crippen LogP contribution in [0.5, 0.6) is 0 Å². The fourth-order valence-electron chi connectivity index (χ4n) is 4.01. The Morgan fingerprint density at radius 2 is 1.00 bits per heavy atom. The van der Waals surface area contributed by atoms with Gasteiger partial charge in [-0.05, 0) is 41.0 Å². The van der Waals surface area contributed by atoms with Gasteiger partial charge in [0.1, 0.15) is 18.3 Å². The van der Waals surface area contributed by atoms with E-state index < -0.39 is 0 Å². The monoisotopic (exact) mass is 550 g/mol. The van der Waals surface area contributed by atoms with Gasteiger partial charge in [-0.1, -0.05) is 111 Å². The van der Waals surface area contributed by atoms with Crippen molar-refractivity contribution >= 4 is 23.5 Å². The van der Waals surface area contributed by atoms with E-state index in [1.807, 2.05) is 72.1 Å². The predicted molar refractivity (Wildman–Crippen MR) is 165 cm³/mol. The number of thioether (sulfide) groups is 2. The summed E-state index contributed by atoms with van der Waals surface area (Å²) >= 11 is 3.93. The van der Waals surface area contributed by atoms with Gasteiger partial charge in [0.05, 0.1) is 24.4 Å². The summed E-state index contributed by atoms with van der Waals surface area (Å²) in [6.45, 7) is 10.1. The van der Waals surface area contributed by atoms with Crippen LogP contribution in [0, 0.1) is 0 Å². The van der Waals surface area contributed by atoms with E-state index >= 15 is 0 Å². The molecule has 0 aliphatic heterocycles. The maximum absolute atomic E-state index is 6.78. The molecule has 0 saturated carbocycles. The van der Waals surface area contributed by atoms with Gasteiger partial charge in [0.15, 0.2) is 0 Å². The average molecular weight is 551 g/mol. The second-order valence-corrected chi connectivity index (χ2v) is 11.9. The molecule has 3 aromatic rings. The highest BCUT2D eigenvalue weighted by atomic mass is 32.2. The summed E-state index contributed by atoms with van der Waals surface area (Å²) in [6, 6.07) is 31.0. The Kier molecular flexibility index (Phi) is 14.7. The molecule has 3 atom stereocenters. The minimum Gasteiger partial charge on any atom is -0.369 e. The maximum Gasteiger partial charge on any atom is 0.116 e. The SMILES string of the molecule is C=C[C@@H](OCc1ccccc1)[C@@H](OCc1ccccc1)[C@@H](OCc1ccccc1)C(SCCC)SCCC. The van der Waals surface area contributed by atoms with Crippen LogP contribution in [0.2, 0.25) is 0 Å². The summed E-state index contributed by atoms with van der Waals surface area (Å²) in [5.41, 5.74) is 3.41. The van der Waals surface area contributed by atoms with Crippen LogP contribution in [-0.4, -0.2) is 34.4 Å². The van der Waals surface area contributed by atoms with E-state index in [-0.39, 0.29) is 22.9 Å². The summed E-state index contributed by atoms with van der Waals surface area (Å²) < 4.78 is 20.2. The molecule has 38 heavy (non-hydrogen) atoms. The Balaban J connectivity index is 1.90. The number of ether oxygens (including phenoxy) is 3. The third kappa shape index (κ3) is 10.6. The molecule has 3 aromatic carbocycles. The standard InChI is InChI=1S/C33H42O3S2/c1-4-22-37-33(38-23-5-2)32(36-26-29-20-14-9-15-21-29)31(35-25-28-18-12-8-13-19-28)30(6-3)34-24-27-16-10-7-11-17-27/h6-21,30-33H,3-5,22-26H2,1-2H3/t30-,31-,32-/m1/s1. The fraction of sp³-hybridized carbons (Fsp3) is 0.394. The quantitative estimate of drug-likeness (QED) is 0.110. The van der Waals surface area contributed by atoms with Gasteiger partial charge < -0.3 is 14.2 Å². The smallest absolute Gasteiger partial charge is 0.116 e. The molecular weight excluding hydrogens is 508 g/mol. The zero-order valence-corrected chi connectivity index (χ0v) is 24.4. The van der Waals surface area contributed by atoms with E-state index in [1.165, 1.54) is 0 Å². The summed E-state index contributed by atoms with van der Waals surface area (Å²) in [6.07, 6.45) is 3.27. The van der Waals surface area contributed by atoms with Gasteiger partial charge in [-0.15, -0.1) is 30.1 Å². The van der Waals surface area contributed by atoms with Crippen LogP contribution in [0.4, 0.5) is 0 Å². The van der Waals surface area contributed by atoms with E-state index in [0.29, 0.717) is 19.8 Å². The zero-order chi connectivity index (χ0) is 26.8. The molecule has 5 heteroatoms. The van der Waals surface area contributed by atoms with Crippen LogP contribution in [0.1, 0.15) is 43.4 Å². The van der Waals surface area contributed by atoms with Crippen LogP contribution in [-0.2, 0) is 34.0 Å². The molecule has 204 valence electrons. The van der Waals surface area contributed by atoms with E-state index in [2.05, 4.69) is 69.0 Å². The minimum atomic E-state index is -0.327. The average Bonchev–Trinajstić information content (AvgIpc) is 2.98. The van der Waals surface area contributed by atoms with Crippen LogP contribution >= 0.6 is 23.5 Å². The summed E-state index contributed by atoms with van der Waals surface area (Å²) in [4.78, 5) is 0. The Morgan fingerprint density at radius 1 is 0.605 bits per heavy atom. The molecule has 0 fully saturated rings. The van der Waals surface area contributed by atoms with Crippen molar-refractivity contribution in [3.05, 3.63) is 120 Å². The second kappa shape index (κ2) is 18.3. The van der Waals surface area contributed by atoms with Gasteiger partial charge in [-0.2, -0.15) is 0 Å². The molecular formula is C33H42O3S2. The number of hydrogen-bond donors (Lipinski definition) is 0. The van der Waals surface area contributed by atoms with Crippen molar-refractivity contribution < 1.29 is 14.2 Å². The molecule has 0 aromatic heterocycles. The van der Waals surface area contributed by atoms with Crippen molar-refractivity contribution in [2.45, 2.75) is 69.4 Å². The normalized spacial score (nSPS) is 13.8. The molecule has 0 unspecified atom stereocenters. The molecule has 0 radical (unpaired) electrons. The highest BCUT2D eigenvalue weighted by molar-refractivity contribution is 8.17. The number of rotatable bonds is 19. The third-order valence-electron chi connectivity index (χ3n) is 5.98. The molecule has 0 bridgehead atoms. The largest absolute Gasteiger partial charge is 0.369 e. The van der Waals surface area contributed by atoms with Crippen LogP contribution in [0.25, 0.3) is 0 Å². The molecule has 3 rings (SSSR count). The van der Waals surface area contributed by atoms with Gasteiger partial charge >= 0.3 is 0 Å². The molecule has 0 aliphatic rings. The van der Waals surface area contributed by atoms with Gasteiger partial charge in [0.2, 0.25) is 0 Å². The van der Waals surface area contributed by atoms with Crippen LogP contribution in [0.15, 0.2) is 104 Å². The lowest BCUT2D eigenvalue weighted by Gasteiger charge is -2.36. The molecule has 0 aliphatic carbocycles. The zero-order valence-electron chi connectivity index (χ0n) is 22.7. The van der Waals surface area contributed by atoms with Gasteiger partial charge in [0, 0.05) is 0 Å². The van der Waals surface area contributed by atoms with Gasteiger partial charge in [-0.25, -0.2) is 0 Å². The first-order valence-electron chi connectivity index (χ1n) is 13.6. The Morgan fingerprint density at radius 3 is 1.39 bits per heavy atom. The third-order valence-corrected chi connectivity index (χ3v) is 9.27. The number of hydrogen-bond acceptors (Lipinski definition) is 5. The summed E-state index contributed by atoms with van der Waals surface area (Å²) in [7, 11) is 0. The lowest BCUT2D eigenvalue weighted by Crippen LogP contribution is -2.46. The lowest BCUT2D eigenvalue weighted by atomic mass is 10.1. The summed E-state index contributed by atoms with van der Waals surface area (Å²) in [5, 5.41) is 0. The second-order valence-electron chi connectivity index (χ2n) is 9.13. The molecule has 0 spiro atoms. The number of benzene rings is 3. The van der Waals surface area contributed by atoms with Crippen molar-refractivity contribution in [2.75, 3.05) is 11.5 Å². The molecule has 0 N–H and O–H groups in total. The molecule has 0 heterocycles. The van der Waals surface area contributed by atoms with Crippen molar-refractivity contribution in [3.8, 4) is 0 Å². The molecule has 0 amide bonds. The topological polar surface area (TPSA) is 27.7 Å². The van der Waals surface area contributed by atoms with Gasteiger partial charge in [0.25, 0.3) is 0 Å². The first-order valence-corrected chi connectivity index (χ1v) is 15.7. The van der Waals surface area contributed by atoms with E-state index in [9.17, 15) is 0 Å². The van der Waals surface area contributed by atoms with E-state index in [1.54, 1.807) is 0 Å². The lowest BCUT2D eigenvalue weighted by molar-refractivity contribution is -0.133. The van der Waals surface area contributed by atoms with Gasteiger partial charge in [-0.3, -0.25) is 0 Å². The van der Waals surface area contributed by atoms with Crippen molar-refractivity contribution in [1.82, 2.24) is 0 Å². The van der Waals surface area contributed by atoms with Crippen molar-refractivity contribution in [3.63, 3.8) is 0 Å². The highest BCUT2D eigenvalue weighted by Crippen LogP contribution is 2.35. The molecule has 0 saturated heterocycles. The van der Waals surface area contributed by atoms with Crippen molar-refractivity contribution in [1.29, 1.82) is 0 Å². The molecule has 3 nitrogen and oxygen atoms in total. The van der Waals surface area contributed by atoms with Crippen LogP contribution in [0.3, 0.4) is 0 Å². The Labute approximate surface area is 238 Å². The van der Waals surface area contributed by atoms with Crippen LogP contribution < -0.4 is 0 Å². The predicted octanol–water partition coefficient (Wildman–Crippen LogP) is 8.54. The first-order chi connectivity index (χ1) is 18.7. The van der Waals surface area contributed by atoms with E-state index in [4.69, 9.17) is 14.2 Å². The summed E-state index contributed by atoms with van der Waals surface area (Å²) in [5.74, 6) is 2.14. The Hall–Kier alpha value is -2.02. The van der Waals surface area contributed by atoms with Crippen molar-refractivity contribution in [2.24, 2.45) is 0 Å². The fourth-order valence-corrected chi connectivity index (χ4v) is 6.75.